The van der Waals surface area contributed by atoms with Gasteiger partial charge in [-0.15, -0.1) is 0 Å². The van der Waals surface area contributed by atoms with Crippen molar-refractivity contribution < 1.29 is 14.3 Å². The molecule has 150 valence electrons. The summed E-state index contributed by atoms with van der Waals surface area (Å²) in [4.78, 5) is 37.4. The van der Waals surface area contributed by atoms with Gasteiger partial charge in [-0.2, -0.15) is 0 Å². The van der Waals surface area contributed by atoms with E-state index in [0.29, 0.717) is 34.7 Å². The van der Waals surface area contributed by atoms with Gasteiger partial charge in [0.1, 0.15) is 12.4 Å². The van der Waals surface area contributed by atoms with E-state index in [1.807, 2.05) is 12.1 Å². The highest BCUT2D eigenvalue weighted by atomic mass is 16.5. The number of amides is 1. The molecular weight excluding hydrogens is 382 g/mol. The Kier molecular flexibility index (Phi) is 5.47. The summed E-state index contributed by atoms with van der Waals surface area (Å²) in [5.41, 5.74) is 2.01. The highest BCUT2D eigenvalue weighted by Gasteiger charge is 2.17. The molecule has 0 aliphatic carbocycles. The van der Waals surface area contributed by atoms with E-state index in [1.165, 1.54) is 6.33 Å². The first-order valence-electron chi connectivity index (χ1n) is 9.40. The molecule has 0 aliphatic rings. The van der Waals surface area contributed by atoms with Crippen molar-refractivity contribution in [1.29, 1.82) is 0 Å². The summed E-state index contributed by atoms with van der Waals surface area (Å²) in [7, 11) is 0. The number of hydrogen-bond acceptors (Lipinski definition) is 6. The molecule has 0 saturated carbocycles. The van der Waals surface area contributed by atoms with Crippen molar-refractivity contribution in [3.8, 4) is 0 Å². The van der Waals surface area contributed by atoms with Crippen LogP contribution in [0.3, 0.4) is 0 Å². The average Bonchev–Trinajstić information content (AvgIpc) is 3.18. The number of nitrogens with zero attached hydrogens (tertiary/aromatic N) is 4. The van der Waals surface area contributed by atoms with Gasteiger partial charge in [0.05, 0.1) is 18.4 Å². The number of aromatic nitrogens is 4. The minimum absolute atomic E-state index is 0.282. The predicted octanol–water partition coefficient (Wildman–Crippen LogP) is 3.32. The molecule has 8 nitrogen and oxygen atoms in total. The molecular formula is C22H19N5O3. The second-order valence-corrected chi connectivity index (χ2v) is 6.69. The van der Waals surface area contributed by atoms with Gasteiger partial charge in [0, 0.05) is 5.56 Å². The van der Waals surface area contributed by atoms with Gasteiger partial charge in [0.2, 0.25) is 0 Å². The lowest BCUT2D eigenvalue weighted by Gasteiger charge is -2.14. The van der Waals surface area contributed by atoms with Crippen LogP contribution < -0.4 is 5.32 Å². The molecule has 0 saturated heterocycles. The zero-order valence-electron chi connectivity index (χ0n) is 16.2. The Hall–Kier alpha value is -4.07. The molecule has 8 heteroatoms. The highest BCUT2D eigenvalue weighted by Crippen LogP contribution is 2.19. The molecule has 30 heavy (non-hydrogen) atoms. The summed E-state index contributed by atoms with van der Waals surface area (Å²) in [6.45, 7) is 2.16. The topological polar surface area (TPSA) is 99.0 Å². The maximum Gasteiger partial charge on any atom is 0.338 e. The van der Waals surface area contributed by atoms with Crippen molar-refractivity contribution >= 4 is 28.9 Å². The third-order valence-corrected chi connectivity index (χ3v) is 4.44. The molecule has 1 N–H and O–H groups in total. The van der Waals surface area contributed by atoms with Crippen LogP contribution in [-0.2, 0) is 11.3 Å². The van der Waals surface area contributed by atoms with Crippen LogP contribution in [0.5, 0.6) is 0 Å². The van der Waals surface area contributed by atoms with Gasteiger partial charge in [-0.1, -0.05) is 36.4 Å². The third kappa shape index (κ3) is 4.17. The van der Waals surface area contributed by atoms with Crippen molar-refractivity contribution in [2.45, 2.75) is 19.6 Å². The Labute approximate surface area is 172 Å². The molecule has 0 bridgehead atoms. The van der Waals surface area contributed by atoms with E-state index in [1.54, 1.807) is 66.3 Å². The lowest BCUT2D eigenvalue weighted by molar-refractivity contribution is 0.0308. The molecule has 4 rings (SSSR count). The first-order valence-corrected chi connectivity index (χ1v) is 9.40. The fourth-order valence-corrected chi connectivity index (χ4v) is 3.01. The van der Waals surface area contributed by atoms with Crippen molar-refractivity contribution in [3.63, 3.8) is 0 Å². The van der Waals surface area contributed by atoms with Gasteiger partial charge >= 0.3 is 5.97 Å². The van der Waals surface area contributed by atoms with Gasteiger partial charge in [0.15, 0.2) is 17.0 Å². The van der Waals surface area contributed by atoms with E-state index in [4.69, 9.17) is 4.74 Å². The number of imidazole rings is 1. The summed E-state index contributed by atoms with van der Waals surface area (Å²) in [6, 6.07) is 17.7. The number of anilines is 1. The summed E-state index contributed by atoms with van der Waals surface area (Å²) in [5, 5.41) is 2.77. The van der Waals surface area contributed by atoms with Gasteiger partial charge in [-0.05, 0) is 31.2 Å². The van der Waals surface area contributed by atoms with E-state index in [-0.39, 0.29) is 5.91 Å². The first-order chi connectivity index (χ1) is 14.6. The maximum atomic E-state index is 12.4. The van der Waals surface area contributed by atoms with Gasteiger partial charge < -0.3 is 14.6 Å². The number of carbonyl (C=O) groups is 2. The average molecular weight is 401 g/mol. The molecule has 2 aromatic carbocycles. The Morgan fingerprint density at radius 3 is 2.33 bits per heavy atom. The van der Waals surface area contributed by atoms with Crippen molar-refractivity contribution in [3.05, 3.63) is 84.4 Å². The number of ether oxygens (including phenoxy) is 1. The standard InChI is InChI=1S/C22H19N5O3/c1-15(30-22(29)17-10-6-3-7-11-17)12-27-14-25-18-19(23-13-24-20(18)27)26-21(28)16-8-4-2-5-9-16/h2-11,13-15H,12H2,1H3,(H,23,24,26,28)/t15-/m0/s1. The molecule has 0 unspecified atom stereocenters. The highest BCUT2D eigenvalue weighted by molar-refractivity contribution is 6.06. The number of carbonyl (C=O) groups excluding carboxylic acids is 2. The number of esters is 1. The molecule has 4 aromatic rings. The number of rotatable bonds is 6. The zero-order chi connectivity index (χ0) is 20.9. The largest absolute Gasteiger partial charge is 0.457 e. The van der Waals surface area contributed by atoms with Crippen molar-refractivity contribution in [2.75, 3.05) is 5.32 Å². The normalized spacial score (nSPS) is 11.8. The van der Waals surface area contributed by atoms with Crippen LogP contribution in [0.2, 0.25) is 0 Å². The Balaban J connectivity index is 1.49. The summed E-state index contributed by atoms with van der Waals surface area (Å²) < 4.78 is 7.27. The van der Waals surface area contributed by atoms with E-state index in [2.05, 4.69) is 20.3 Å². The van der Waals surface area contributed by atoms with Crippen LogP contribution in [0.15, 0.2) is 73.3 Å². The lowest BCUT2D eigenvalue weighted by Crippen LogP contribution is -2.20. The van der Waals surface area contributed by atoms with Crippen LogP contribution in [-0.4, -0.2) is 37.5 Å². The Morgan fingerprint density at radius 2 is 1.63 bits per heavy atom. The zero-order valence-corrected chi connectivity index (χ0v) is 16.2. The molecule has 0 aliphatic heterocycles. The van der Waals surface area contributed by atoms with Gasteiger partial charge in [0.25, 0.3) is 5.91 Å². The van der Waals surface area contributed by atoms with E-state index < -0.39 is 12.1 Å². The molecule has 1 amide bonds. The second kappa shape index (κ2) is 8.52. The van der Waals surface area contributed by atoms with E-state index >= 15 is 0 Å². The summed E-state index contributed by atoms with van der Waals surface area (Å²) >= 11 is 0. The maximum absolute atomic E-state index is 12.4. The van der Waals surface area contributed by atoms with Crippen LogP contribution in [0.1, 0.15) is 27.6 Å². The first kappa shape index (κ1) is 19.3. The number of hydrogen-bond donors (Lipinski definition) is 1. The summed E-state index contributed by atoms with van der Waals surface area (Å²) in [6.07, 6.45) is 2.54. The quantitative estimate of drug-likeness (QED) is 0.498. The second-order valence-electron chi connectivity index (χ2n) is 6.69. The number of fused-ring (bicyclic) bond motifs is 1. The van der Waals surface area contributed by atoms with Crippen LogP contribution in [0.25, 0.3) is 11.2 Å². The number of nitrogens with one attached hydrogen (secondary N) is 1. The van der Waals surface area contributed by atoms with Crippen LogP contribution >= 0.6 is 0 Å². The minimum atomic E-state index is -0.410. The summed E-state index contributed by atoms with van der Waals surface area (Å²) in [5.74, 6) is -0.352. The number of benzene rings is 2. The molecule has 1 atom stereocenters. The molecule has 0 radical (unpaired) electrons. The Bertz CT molecular complexity index is 1180. The monoisotopic (exact) mass is 401 g/mol. The smallest absolute Gasteiger partial charge is 0.338 e. The Morgan fingerprint density at radius 1 is 0.967 bits per heavy atom. The van der Waals surface area contributed by atoms with Crippen molar-refractivity contribution in [2.24, 2.45) is 0 Å². The fraction of sp³-hybridized carbons (Fsp3) is 0.136. The van der Waals surface area contributed by atoms with Gasteiger partial charge in [-0.25, -0.2) is 19.7 Å². The molecule has 0 spiro atoms. The third-order valence-electron chi connectivity index (χ3n) is 4.44. The molecule has 2 heterocycles. The van der Waals surface area contributed by atoms with E-state index in [0.717, 1.165) is 0 Å². The fourth-order valence-electron chi connectivity index (χ4n) is 3.01. The lowest BCUT2D eigenvalue weighted by atomic mass is 10.2. The van der Waals surface area contributed by atoms with E-state index in [9.17, 15) is 9.59 Å². The van der Waals surface area contributed by atoms with Gasteiger partial charge in [-0.3, -0.25) is 4.79 Å². The minimum Gasteiger partial charge on any atom is -0.457 e. The SMILES string of the molecule is C[C@@H](Cn1cnc2c(NC(=O)c3ccccc3)ncnc21)OC(=O)c1ccccc1. The van der Waals surface area contributed by atoms with Crippen LogP contribution in [0.4, 0.5) is 5.82 Å². The molecule has 2 aromatic heterocycles. The predicted molar refractivity (Wildman–Crippen MR) is 111 cm³/mol. The molecule has 0 fully saturated rings. The van der Waals surface area contributed by atoms with Crippen LogP contribution in [0, 0.1) is 0 Å². The van der Waals surface area contributed by atoms with Crippen molar-refractivity contribution in [1.82, 2.24) is 19.5 Å².